The molecule has 0 rings (SSSR count). The van der Waals surface area contributed by atoms with E-state index in [9.17, 15) is 0 Å². The summed E-state index contributed by atoms with van der Waals surface area (Å²) < 4.78 is 24.0. The fraction of sp³-hybridized carbons (Fsp3) is 0. The van der Waals surface area contributed by atoms with E-state index < -0.39 is 9.05 Å². The molecule has 0 atom stereocenters. The zero-order chi connectivity index (χ0) is 4.50. The van der Waals surface area contributed by atoms with Crippen molar-refractivity contribution in [2.75, 3.05) is 0 Å². The molecule has 0 aliphatic carbocycles. The molecule has 0 saturated carbocycles. The third-order valence-corrected chi connectivity index (χ3v) is 0. The zero-order valence-corrected chi connectivity index (χ0v) is 8.17. The Morgan fingerprint density at radius 2 is 1.38 bits per heavy atom. The first-order chi connectivity index (χ1) is 2.00. The van der Waals surface area contributed by atoms with Crippen LogP contribution in [0, 0.1) is 0 Å². The van der Waals surface area contributed by atoms with Gasteiger partial charge in [-0.1, -0.05) is 0 Å². The average Bonchev–Trinajstić information content (AvgIpc) is 0.722. The van der Waals surface area contributed by atoms with Gasteiger partial charge in [0.1, 0.15) is 0 Å². The SMILES string of the molecule is N.O=S(O)(O)=S.[Au].[Cu]. The Bertz CT molecular complexity index is 100. The van der Waals surface area contributed by atoms with Crippen LogP contribution in [0.5, 0.6) is 0 Å². The summed E-state index contributed by atoms with van der Waals surface area (Å²) in [6.45, 7) is 0. The largest absolute Gasteiger partial charge is 0.344 e. The molecule has 8 heavy (non-hydrogen) atoms. The van der Waals surface area contributed by atoms with Gasteiger partial charge in [0, 0.05) is 50.6 Å². The molecule has 8 heteroatoms. The van der Waals surface area contributed by atoms with Gasteiger partial charge in [0.25, 0.3) is 9.05 Å². The van der Waals surface area contributed by atoms with Crippen LogP contribution < -0.4 is 6.15 Å². The molecule has 0 fully saturated rings. The molecule has 0 aliphatic rings. The van der Waals surface area contributed by atoms with Gasteiger partial charge in [-0.25, -0.2) is 0 Å². The number of hydrogen-bond donors (Lipinski definition) is 3. The van der Waals surface area contributed by atoms with E-state index in [0.717, 1.165) is 0 Å². The van der Waals surface area contributed by atoms with Crippen LogP contribution in [0.2, 0.25) is 0 Å². The standard InChI is InChI=1S/Au.Cu.H3N.H2O3S2/c;;;1-5(2,3)4/h;;1H3;(H2,1,2,3,4). The Labute approximate surface area is 78.7 Å². The molecule has 0 bridgehead atoms. The van der Waals surface area contributed by atoms with Crippen molar-refractivity contribution in [3.8, 4) is 0 Å². The van der Waals surface area contributed by atoms with Gasteiger partial charge in [0.15, 0.2) is 0 Å². The molecule has 2 radical (unpaired) electrons. The summed E-state index contributed by atoms with van der Waals surface area (Å²) in [7, 11) is -3.83. The van der Waals surface area contributed by atoms with Gasteiger partial charge >= 0.3 is 0 Å². The number of hydrogen-bond acceptors (Lipinski definition) is 3. The molecular formula is H5AuCuNO3S2. The van der Waals surface area contributed by atoms with E-state index in [0.29, 0.717) is 0 Å². The molecule has 0 aromatic heterocycles. The minimum atomic E-state index is -3.83. The Balaban J connectivity index is -0.0000000267. The predicted octanol–water partition coefficient (Wildman–Crippen LogP) is -0.164. The van der Waals surface area contributed by atoms with Crippen molar-refractivity contribution >= 4 is 20.2 Å². The van der Waals surface area contributed by atoms with Crippen LogP contribution in [0.3, 0.4) is 0 Å². The molecule has 0 aliphatic heterocycles. The van der Waals surface area contributed by atoms with Crippen molar-refractivity contribution in [3.05, 3.63) is 0 Å². The second kappa shape index (κ2) is 8.51. The van der Waals surface area contributed by atoms with Crippen LogP contribution in [0.4, 0.5) is 0 Å². The summed E-state index contributed by atoms with van der Waals surface area (Å²) in [6.07, 6.45) is 0. The molecule has 5 N–H and O–H groups in total. The molecule has 0 aromatic rings. The predicted molar refractivity (Wildman–Crippen MR) is 25.8 cm³/mol. The molecule has 0 heterocycles. The fourth-order valence-corrected chi connectivity index (χ4v) is 0. The maximum absolute atomic E-state index is 9.11. The molecule has 0 aromatic carbocycles. The van der Waals surface area contributed by atoms with Crippen LogP contribution in [0.15, 0.2) is 0 Å². The fourth-order valence-electron chi connectivity index (χ4n) is 0. The van der Waals surface area contributed by atoms with Gasteiger partial charge in [-0.2, -0.15) is 4.21 Å². The first-order valence-corrected chi connectivity index (χ1v) is 3.10. The van der Waals surface area contributed by atoms with Gasteiger partial charge < -0.3 is 6.15 Å². The first-order valence-electron chi connectivity index (χ1n) is 0.698. The van der Waals surface area contributed by atoms with E-state index >= 15 is 0 Å². The van der Waals surface area contributed by atoms with Gasteiger partial charge in [-0.05, 0) is 0 Å². The van der Waals surface area contributed by atoms with Crippen molar-refractivity contribution in [2.45, 2.75) is 0 Å². The van der Waals surface area contributed by atoms with Gasteiger partial charge in [-0.15, -0.1) is 0 Å². The number of rotatable bonds is 0. The molecule has 0 unspecified atom stereocenters. The summed E-state index contributed by atoms with van der Waals surface area (Å²) in [6, 6.07) is 0. The minimum Gasteiger partial charge on any atom is -0.344 e. The van der Waals surface area contributed by atoms with Crippen molar-refractivity contribution in [3.63, 3.8) is 0 Å². The molecule has 62 valence electrons. The van der Waals surface area contributed by atoms with E-state index in [2.05, 4.69) is 11.2 Å². The molecule has 4 nitrogen and oxygen atoms in total. The summed E-state index contributed by atoms with van der Waals surface area (Å²) in [5.74, 6) is 0. The van der Waals surface area contributed by atoms with Gasteiger partial charge in [0.05, 0.1) is 0 Å². The quantitative estimate of drug-likeness (QED) is 0.499. The zero-order valence-electron chi connectivity index (χ0n) is 3.43. The topological polar surface area (TPSA) is 92.5 Å². The Morgan fingerprint density at radius 3 is 1.38 bits per heavy atom. The van der Waals surface area contributed by atoms with E-state index in [1.54, 1.807) is 0 Å². The third-order valence-electron chi connectivity index (χ3n) is 0. The summed E-state index contributed by atoms with van der Waals surface area (Å²) in [4.78, 5) is 0. The van der Waals surface area contributed by atoms with Crippen LogP contribution in [0.25, 0.3) is 0 Å². The smallest absolute Gasteiger partial charge is 0.263 e. The molecule has 0 spiro atoms. The Morgan fingerprint density at radius 1 is 1.38 bits per heavy atom. The maximum atomic E-state index is 9.11. The summed E-state index contributed by atoms with van der Waals surface area (Å²) >= 11 is 3.47. The first kappa shape index (κ1) is 22.7. The van der Waals surface area contributed by atoms with Crippen LogP contribution in [0.1, 0.15) is 0 Å². The van der Waals surface area contributed by atoms with E-state index in [1.165, 1.54) is 0 Å². The molecule has 0 amide bonds. The molecular weight excluding hydrogens is 387 g/mol. The van der Waals surface area contributed by atoms with Crippen molar-refractivity contribution in [1.29, 1.82) is 0 Å². The van der Waals surface area contributed by atoms with Gasteiger partial charge in [0.2, 0.25) is 0 Å². The molecule has 0 saturated heterocycles. The Kier molecular flexibility index (Phi) is 24.1. The summed E-state index contributed by atoms with van der Waals surface area (Å²) in [5, 5.41) is 0. The Hall–Kier alpha value is 1.51. The maximum Gasteiger partial charge on any atom is 0.263 e. The summed E-state index contributed by atoms with van der Waals surface area (Å²) in [5.41, 5.74) is 0. The van der Waals surface area contributed by atoms with Crippen molar-refractivity contribution in [1.82, 2.24) is 6.15 Å². The second-order valence-corrected chi connectivity index (χ2v) is 2.65. The second-order valence-electron chi connectivity index (χ2n) is 0.448. The normalized spacial score (nSPS) is 7.25. The monoisotopic (exact) mass is 391 g/mol. The van der Waals surface area contributed by atoms with Crippen molar-refractivity contribution < 1.29 is 52.8 Å². The van der Waals surface area contributed by atoms with E-state index in [-0.39, 0.29) is 45.6 Å². The van der Waals surface area contributed by atoms with E-state index in [4.69, 9.17) is 13.3 Å². The van der Waals surface area contributed by atoms with Crippen molar-refractivity contribution in [2.24, 2.45) is 0 Å². The van der Waals surface area contributed by atoms with E-state index in [1.807, 2.05) is 0 Å². The average molecular weight is 392 g/mol. The van der Waals surface area contributed by atoms with Crippen LogP contribution >= 0.6 is 0 Å². The van der Waals surface area contributed by atoms with Crippen LogP contribution in [-0.4, -0.2) is 13.3 Å². The van der Waals surface area contributed by atoms with Crippen LogP contribution in [-0.2, 0) is 59.7 Å². The third kappa shape index (κ3) is 140. The minimum absolute atomic E-state index is 0. The van der Waals surface area contributed by atoms with Gasteiger partial charge in [-0.3, -0.25) is 9.11 Å².